The molecule has 1 N–H and O–H groups in total. The highest BCUT2D eigenvalue weighted by Gasteiger charge is 2.05. The third kappa shape index (κ3) is 2.71. The predicted molar refractivity (Wildman–Crippen MR) is 69.1 cm³/mol. The standard InChI is InChI=1S/C14H16O4/c1-2-10-8-14(16)18-13-9-11(4-5-12(10)13)17-7-3-6-15/h4-5,8-9,15H,2-3,6-7H2,1H3. The van der Waals surface area contributed by atoms with Crippen LogP contribution in [-0.4, -0.2) is 18.3 Å². The molecule has 18 heavy (non-hydrogen) atoms. The summed E-state index contributed by atoms with van der Waals surface area (Å²) in [5, 5.41) is 9.62. The van der Waals surface area contributed by atoms with E-state index in [0.29, 0.717) is 24.4 Å². The highest BCUT2D eigenvalue weighted by atomic mass is 16.5. The van der Waals surface area contributed by atoms with E-state index in [1.54, 1.807) is 6.07 Å². The Morgan fingerprint density at radius 3 is 2.89 bits per heavy atom. The molecule has 0 aliphatic heterocycles. The van der Waals surface area contributed by atoms with Crippen molar-refractivity contribution in [1.82, 2.24) is 0 Å². The fourth-order valence-corrected chi connectivity index (χ4v) is 1.85. The maximum Gasteiger partial charge on any atom is 0.336 e. The fourth-order valence-electron chi connectivity index (χ4n) is 1.85. The molecule has 0 saturated heterocycles. The van der Waals surface area contributed by atoms with Crippen molar-refractivity contribution in [2.75, 3.05) is 13.2 Å². The zero-order valence-electron chi connectivity index (χ0n) is 10.3. The molecule has 2 rings (SSSR count). The summed E-state index contributed by atoms with van der Waals surface area (Å²) in [6, 6.07) is 6.98. The fraction of sp³-hybridized carbons (Fsp3) is 0.357. The number of aryl methyl sites for hydroxylation is 1. The summed E-state index contributed by atoms with van der Waals surface area (Å²) in [5.74, 6) is 0.646. The van der Waals surface area contributed by atoms with E-state index in [1.807, 2.05) is 19.1 Å². The SMILES string of the molecule is CCc1cc(=O)oc2cc(OCCCO)ccc12. The predicted octanol–water partition coefficient (Wildman–Crippen LogP) is 2.12. The average molecular weight is 248 g/mol. The van der Waals surface area contributed by atoms with Crippen LogP contribution in [0.15, 0.2) is 33.5 Å². The minimum absolute atomic E-state index is 0.0998. The van der Waals surface area contributed by atoms with E-state index in [4.69, 9.17) is 14.3 Å². The van der Waals surface area contributed by atoms with Crippen LogP contribution in [-0.2, 0) is 6.42 Å². The van der Waals surface area contributed by atoms with Crippen molar-refractivity contribution >= 4 is 11.0 Å². The Labute approximate surface area is 105 Å². The van der Waals surface area contributed by atoms with Gasteiger partial charge in [0.15, 0.2) is 0 Å². The molecular weight excluding hydrogens is 232 g/mol. The van der Waals surface area contributed by atoms with Gasteiger partial charge in [0.25, 0.3) is 0 Å². The van der Waals surface area contributed by atoms with Crippen LogP contribution in [0.2, 0.25) is 0 Å². The Bertz CT molecular complexity index is 586. The lowest BCUT2D eigenvalue weighted by Crippen LogP contribution is -2.02. The second-order valence-electron chi connectivity index (χ2n) is 4.03. The van der Waals surface area contributed by atoms with E-state index < -0.39 is 0 Å². The maximum absolute atomic E-state index is 11.4. The third-order valence-corrected chi connectivity index (χ3v) is 2.75. The first-order valence-electron chi connectivity index (χ1n) is 6.05. The molecule has 0 amide bonds. The minimum atomic E-state index is -0.341. The van der Waals surface area contributed by atoms with E-state index in [1.165, 1.54) is 6.07 Å². The van der Waals surface area contributed by atoms with Gasteiger partial charge in [-0.1, -0.05) is 6.92 Å². The monoisotopic (exact) mass is 248 g/mol. The lowest BCUT2D eigenvalue weighted by molar-refractivity contribution is 0.233. The van der Waals surface area contributed by atoms with E-state index >= 15 is 0 Å². The van der Waals surface area contributed by atoms with Crippen molar-refractivity contribution < 1.29 is 14.3 Å². The molecule has 1 aromatic carbocycles. The van der Waals surface area contributed by atoms with E-state index in [0.717, 1.165) is 17.4 Å². The summed E-state index contributed by atoms with van der Waals surface area (Å²) in [7, 11) is 0. The summed E-state index contributed by atoms with van der Waals surface area (Å²) in [4.78, 5) is 11.4. The quantitative estimate of drug-likeness (QED) is 0.650. The van der Waals surface area contributed by atoms with Gasteiger partial charge in [0.1, 0.15) is 11.3 Å². The van der Waals surface area contributed by atoms with Crippen LogP contribution in [0.4, 0.5) is 0 Å². The zero-order chi connectivity index (χ0) is 13.0. The number of benzene rings is 1. The van der Waals surface area contributed by atoms with Gasteiger partial charge in [-0.3, -0.25) is 0 Å². The van der Waals surface area contributed by atoms with Crippen LogP contribution < -0.4 is 10.4 Å². The molecule has 0 aliphatic rings. The van der Waals surface area contributed by atoms with Gasteiger partial charge in [-0.2, -0.15) is 0 Å². The van der Waals surface area contributed by atoms with Crippen LogP contribution in [0.25, 0.3) is 11.0 Å². The molecular formula is C14H16O4. The van der Waals surface area contributed by atoms with E-state index in [-0.39, 0.29) is 12.2 Å². The van der Waals surface area contributed by atoms with Gasteiger partial charge in [0.05, 0.1) is 6.61 Å². The molecule has 0 bridgehead atoms. The largest absolute Gasteiger partial charge is 0.493 e. The summed E-state index contributed by atoms with van der Waals surface area (Å²) >= 11 is 0. The second-order valence-corrected chi connectivity index (χ2v) is 4.03. The van der Waals surface area contributed by atoms with Gasteiger partial charge in [-0.05, 0) is 24.1 Å². The highest BCUT2D eigenvalue weighted by Crippen LogP contribution is 2.23. The zero-order valence-corrected chi connectivity index (χ0v) is 10.3. The first-order valence-corrected chi connectivity index (χ1v) is 6.05. The molecule has 4 nitrogen and oxygen atoms in total. The third-order valence-electron chi connectivity index (χ3n) is 2.75. The van der Waals surface area contributed by atoms with Crippen molar-refractivity contribution in [3.63, 3.8) is 0 Å². The van der Waals surface area contributed by atoms with Crippen LogP contribution in [0.1, 0.15) is 18.9 Å². The molecule has 1 aromatic heterocycles. The summed E-state index contributed by atoms with van der Waals surface area (Å²) in [6.45, 7) is 2.54. The Kier molecular flexibility index (Phi) is 3.99. The van der Waals surface area contributed by atoms with Gasteiger partial charge < -0.3 is 14.3 Å². The minimum Gasteiger partial charge on any atom is -0.493 e. The number of fused-ring (bicyclic) bond motifs is 1. The number of aliphatic hydroxyl groups is 1. The number of hydrogen-bond acceptors (Lipinski definition) is 4. The lowest BCUT2D eigenvalue weighted by Gasteiger charge is -2.07. The molecule has 0 saturated carbocycles. The van der Waals surface area contributed by atoms with Gasteiger partial charge in [-0.25, -0.2) is 4.79 Å². The summed E-state index contributed by atoms with van der Waals surface area (Å²) in [6.07, 6.45) is 1.36. The van der Waals surface area contributed by atoms with Crippen molar-refractivity contribution in [3.05, 3.63) is 40.2 Å². The number of rotatable bonds is 5. The molecule has 0 atom stereocenters. The van der Waals surface area contributed by atoms with Crippen molar-refractivity contribution in [3.8, 4) is 5.75 Å². The maximum atomic E-state index is 11.4. The molecule has 96 valence electrons. The second kappa shape index (κ2) is 5.69. The molecule has 0 fully saturated rings. The normalized spacial score (nSPS) is 10.8. The van der Waals surface area contributed by atoms with Crippen molar-refractivity contribution in [2.45, 2.75) is 19.8 Å². The first kappa shape index (κ1) is 12.6. The van der Waals surface area contributed by atoms with Crippen molar-refractivity contribution in [1.29, 1.82) is 0 Å². The highest BCUT2D eigenvalue weighted by molar-refractivity contribution is 5.81. The van der Waals surface area contributed by atoms with E-state index in [2.05, 4.69) is 0 Å². The first-order chi connectivity index (χ1) is 8.74. The van der Waals surface area contributed by atoms with Crippen LogP contribution in [0.3, 0.4) is 0 Å². The Morgan fingerprint density at radius 2 is 2.17 bits per heavy atom. The van der Waals surface area contributed by atoms with Gasteiger partial charge in [-0.15, -0.1) is 0 Å². The molecule has 2 aromatic rings. The van der Waals surface area contributed by atoms with Crippen molar-refractivity contribution in [2.24, 2.45) is 0 Å². The van der Waals surface area contributed by atoms with Crippen LogP contribution >= 0.6 is 0 Å². The Morgan fingerprint density at radius 1 is 1.33 bits per heavy atom. The topological polar surface area (TPSA) is 59.7 Å². The number of ether oxygens (including phenoxy) is 1. The summed E-state index contributed by atoms with van der Waals surface area (Å²) in [5.41, 5.74) is 1.18. The van der Waals surface area contributed by atoms with Gasteiger partial charge >= 0.3 is 5.63 Å². The molecule has 0 aliphatic carbocycles. The smallest absolute Gasteiger partial charge is 0.336 e. The van der Waals surface area contributed by atoms with E-state index in [9.17, 15) is 4.79 Å². The van der Waals surface area contributed by atoms with Crippen LogP contribution in [0.5, 0.6) is 5.75 Å². The number of aliphatic hydroxyl groups excluding tert-OH is 1. The Balaban J connectivity index is 2.36. The lowest BCUT2D eigenvalue weighted by atomic mass is 10.1. The molecule has 4 heteroatoms. The van der Waals surface area contributed by atoms with Gasteiger partial charge in [0, 0.05) is 30.5 Å². The van der Waals surface area contributed by atoms with Crippen LogP contribution in [0, 0.1) is 0 Å². The molecule has 1 heterocycles. The molecule has 0 radical (unpaired) electrons. The Hall–Kier alpha value is -1.81. The summed E-state index contributed by atoms with van der Waals surface area (Å²) < 4.78 is 10.6. The molecule has 0 spiro atoms. The number of hydrogen-bond donors (Lipinski definition) is 1. The molecule has 0 unspecified atom stereocenters. The van der Waals surface area contributed by atoms with Gasteiger partial charge in [0.2, 0.25) is 0 Å². The average Bonchev–Trinajstić information content (AvgIpc) is 2.37.